The maximum Gasteiger partial charge on any atom is 0.251 e. The molecule has 0 fully saturated rings. The van der Waals surface area contributed by atoms with E-state index in [0.29, 0.717) is 11.3 Å². The second-order valence-electron chi connectivity index (χ2n) is 3.84. The Labute approximate surface area is 106 Å². The molecule has 0 atom stereocenters. The number of aromatic nitrogens is 1. The first kappa shape index (κ1) is 14.4. The van der Waals surface area contributed by atoms with Crippen LogP contribution in [0, 0.1) is 6.92 Å². The molecule has 1 aromatic heterocycles. The monoisotopic (exact) mass is 272 g/mol. The van der Waals surface area contributed by atoms with Crippen molar-refractivity contribution in [1.82, 2.24) is 15.0 Å². The number of aryl methyl sites for hydroxylation is 1. The highest BCUT2D eigenvalue weighted by atomic mass is 32.2. The molecule has 8 heteroatoms. The zero-order valence-corrected chi connectivity index (χ0v) is 11.0. The molecular formula is C10H16N4O3S. The van der Waals surface area contributed by atoms with Crippen LogP contribution in [0.2, 0.25) is 0 Å². The van der Waals surface area contributed by atoms with Gasteiger partial charge in [-0.2, -0.15) is 0 Å². The van der Waals surface area contributed by atoms with E-state index in [1.54, 1.807) is 13.0 Å². The molecular weight excluding hydrogens is 256 g/mol. The summed E-state index contributed by atoms with van der Waals surface area (Å²) in [6.07, 6.45) is 1.06. The average molecular weight is 272 g/mol. The van der Waals surface area contributed by atoms with Gasteiger partial charge in [-0.25, -0.2) is 18.1 Å². The molecule has 18 heavy (non-hydrogen) atoms. The van der Waals surface area contributed by atoms with Crippen molar-refractivity contribution in [2.75, 3.05) is 25.1 Å². The minimum Gasteiger partial charge on any atom is -0.384 e. The Balaban J connectivity index is 2.51. The van der Waals surface area contributed by atoms with E-state index in [2.05, 4.69) is 15.0 Å². The van der Waals surface area contributed by atoms with Crippen LogP contribution in [-0.4, -0.2) is 38.7 Å². The number of nitrogen functional groups attached to an aromatic ring is 1. The number of rotatable bonds is 5. The zero-order valence-electron chi connectivity index (χ0n) is 10.2. The third kappa shape index (κ3) is 5.11. The number of hydrogen-bond acceptors (Lipinski definition) is 5. The van der Waals surface area contributed by atoms with Gasteiger partial charge in [-0.3, -0.25) is 4.79 Å². The molecule has 7 nitrogen and oxygen atoms in total. The van der Waals surface area contributed by atoms with Gasteiger partial charge in [-0.1, -0.05) is 0 Å². The molecule has 1 rings (SSSR count). The van der Waals surface area contributed by atoms with Crippen LogP contribution in [0.5, 0.6) is 0 Å². The van der Waals surface area contributed by atoms with Crippen molar-refractivity contribution in [2.24, 2.45) is 0 Å². The molecule has 1 amide bonds. The van der Waals surface area contributed by atoms with E-state index in [9.17, 15) is 13.2 Å². The quantitative estimate of drug-likeness (QED) is 0.610. The van der Waals surface area contributed by atoms with E-state index in [4.69, 9.17) is 5.73 Å². The van der Waals surface area contributed by atoms with Gasteiger partial charge in [-0.05, 0) is 19.1 Å². The molecule has 0 aliphatic carbocycles. The molecule has 4 N–H and O–H groups in total. The summed E-state index contributed by atoms with van der Waals surface area (Å²) >= 11 is 0. The first-order valence-corrected chi connectivity index (χ1v) is 7.14. The molecule has 0 aliphatic heterocycles. The minimum atomic E-state index is -3.23. The number of hydrogen-bond donors (Lipinski definition) is 3. The standard InChI is InChI=1S/C10H16N4O3S/c1-7-5-8(6-9(11)14-7)10(15)12-3-4-13-18(2,16)17/h5-6,13H,3-4H2,1-2H3,(H2,11,14)(H,12,15). The average Bonchev–Trinajstić information content (AvgIpc) is 2.21. The van der Waals surface area contributed by atoms with Gasteiger partial charge in [-0.15, -0.1) is 0 Å². The molecule has 0 radical (unpaired) electrons. The molecule has 0 aromatic carbocycles. The topological polar surface area (TPSA) is 114 Å². The van der Waals surface area contributed by atoms with Crippen molar-refractivity contribution in [3.05, 3.63) is 23.4 Å². The highest BCUT2D eigenvalue weighted by Crippen LogP contribution is 2.06. The summed E-state index contributed by atoms with van der Waals surface area (Å²) in [5.41, 5.74) is 6.58. The highest BCUT2D eigenvalue weighted by molar-refractivity contribution is 7.88. The Bertz CT molecular complexity index is 522. The first-order valence-electron chi connectivity index (χ1n) is 5.25. The van der Waals surface area contributed by atoms with Gasteiger partial charge in [0.25, 0.3) is 5.91 Å². The number of amides is 1. The van der Waals surface area contributed by atoms with Crippen LogP contribution in [0.25, 0.3) is 0 Å². The summed E-state index contributed by atoms with van der Waals surface area (Å²) in [7, 11) is -3.23. The van der Waals surface area contributed by atoms with Crippen LogP contribution in [-0.2, 0) is 10.0 Å². The van der Waals surface area contributed by atoms with Crippen molar-refractivity contribution < 1.29 is 13.2 Å². The molecule has 100 valence electrons. The van der Waals surface area contributed by atoms with E-state index in [0.717, 1.165) is 6.26 Å². The first-order chi connectivity index (χ1) is 8.28. The fourth-order valence-corrected chi connectivity index (χ4v) is 1.81. The van der Waals surface area contributed by atoms with Crippen molar-refractivity contribution in [2.45, 2.75) is 6.92 Å². The summed E-state index contributed by atoms with van der Waals surface area (Å²) in [5, 5.41) is 2.58. The molecule has 0 bridgehead atoms. The number of anilines is 1. The Hall–Kier alpha value is -1.67. The maximum atomic E-state index is 11.7. The molecule has 0 aliphatic rings. The Morgan fingerprint density at radius 3 is 2.61 bits per heavy atom. The predicted octanol–water partition coefficient (Wildman–Crippen LogP) is -0.749. The van der Waals surface area contributed by atoms with Crippen LogP contribution in [0.4, 0.5) is 5.82 Å². The van der Waals surface area contributed by atoms with Crippen LogP contribution in [0.1, 0.15) is 16.1 Å². The highest BCUT2D eigenvalue weighted by Gasteiger charge is 2.07. The van der Waals surface area contributed by atoms with Gasteiger partial charge in [0.05, 0.1) is 6.26 Å². The lowest BCUT2D eigenvalue weighted by Gasteiger charge is -2.06. The minimum absolute atomic E-state index is 0.143. The third-order valence-electron chi connectivity index (χ3n) is 2.01. The smallest absolute Gasteiger partial charge is 0.251 e. The van der Waals surface area contributed by atoms with Gasteiger partial charge < -0.3 is 11.1 Å². The second-order valence-corrected chi connectivity index (χ2v) is 5.68. The van der Waals surface area contributed by atoms with E-state index >= 15 is 0 Å². The van der Waals surface area contributed by atoms with E-state index in [1.807, 2.05) is 0 Å². The van der Waals surface area contributed by atoms with E-state index in [-0.39, 0.29) is 24.8 Å². The van der Waals surface area contributed by atoms with Gasteiger partial charge >= 0.3 is 0 Å². The van der Waals surface area contributed by atoms with Crippen LogP contribution < -0.4 is 15.8 Å². The lowest BCUT2D eigenvalue weighted by molar-refractivity contribution is 0.0954. The molecule has 0 saturated heterocycles. The van der Waals surface area contributed by atoms with Crippen molar-refractivity contribution >= 4 is 21.7 Å². The molecule has 0 saturated carbocycles. The van der Waals surface area contributed by atoms with Gasteiger partial charge in [0.15, 0.2) is 0 Å². The van der Waals surface area contributed by atoms with E-state index in [1.165, 1.54) is 6.07 Å². The zero-order chi connectivity index (χ0) is 13.8. The molecule has 1 heterocycles. The van der Waals surface area contributed by atoms with Crippen LogP contribution >= 0.6 is 0 Å². The third-order valence-corrected chi connectivity index (χ3v) is 2.74. The van der Waals surface area contributed by atoms with E-state index < -0.39 is 10.0 Å². The number of nitrogens with zero attached hydrogens (tertiary/aromatic N) is 1. The predicted molar refractivity (Wildman–Crippen MR) is 68.6 cm³/mol. The lowest BCUT2D eigenvalue weighted by atomic mass is 10.2. The summed E-state index contributed by atoms with van der Waals surface area (Å²) in [6.45, 7) is 2.08. The fourth-order valence-electron chi connectivity index (χ4n) is 1.34. The summed E-state index contributed by atoms with van der Waals surface area (Å²) in [6, 6.07) is 3.07. The molecule has 1 aromatic rings. The SMILES string of the molecule is Cc1cc(C(=O)NCCNS(C)(=O)=O)cc(N)n1. The number of sulfonamides is 1. The number of carbonyl (C=O) groups is 1. The summed E-state index contributed by atoms with van der Waals surface area (Å²) in [4.78, 5) is 15.7. The Morgan fingerprint density at radius 2 is 2.06 bits per heavy atom. The van der Waals surface area contributed by atoms with Crippen LogP contribution in [0.15, 0.2) is 12.1 Å². The summed E-state index contributed by atoms with van der Waals surface area (Å²) in [5.74, 6) is -0.0445. The van der Waals surface area contributed by atoms with Gasteiger partial charge in [0.2, 0.25) is 10.0 Å². The Kier molecular flexibility index (Phi) is 4.62. The Morgan fingerprint density at radius 1 is 1.39 bits per heavy atom. The van der Waals surface area contributed by atoms with Gasteiger partial charge in [0.1, 0.15) is 5.82 Å². The molecule has 0 unspecified atom stereocenters. The number of nitrogens with one attached hydrogen (secondary N) is 2. The molecule has 0 spiro atoms. The number of carbonyl (C=O) groups excluding carboxylic acids is 1. The largest absolute Gasteiger partial charge is 0.384 e. The van der Waals surface area contributed by atoms with Crippen molar-refractivity contribution in [1.29, 1.82) is 0 Å². The van der Waals surface area contributed by atoms with Crippen molar-refractivity contribution in [3.63, 3.8) is 0 Å². The van der Waals surface area contributed by atoms with Crippen LogP contribution in [0.3, 0.4) is 0 Å². The lowest BCUT2D eigenvalue weighted by Crippen LogP contribution is -2.34. The summed E-state index contributed by atoms with van der Waals surface area (Å²) < 4.78 is 23.8. The fraction of sp³-hybridized carbons (Fsp3) is 0.400. The van der Waals surface area contributed by atoms with Crippen molar-refractivity contribution in [3.8, 4) is 0 Å². The number of nitrogens with two attached hydrogens (primary N) is 1. The normalized spacial score (nSPS) is 11.2. The second kappa shape index (κ2) is 5.78. The maximum absolute atomic E-state index is 11.7. The number of pyridine rings is 1. The van der Waals surface area contributed by atoms with Gasteiger partial charge in [0, 0.05) is 24.3 Å².